The molecule has 0 radical (unpaired) electrons. The van der Waals surface area contributed by atoms with Crippen molar-refractivity contribution >= 4 is 11.6 Å². The third kappa shape index (κ3) is 3.97. The highest BCUT2D eigenvalue weighted by Gasteiger charge is 2.29. The Labute approximate surface area is 127 Å². The summed E-state index contributed by atoms with van der Waals surface area (Å²) < 4.78 is 6.41. The minimum absolute atomic E-state index is 0.0344. The van der Waals surface area contributed by atoms with Gasteiger partial charge in [-0.15, -0.1) is 0 Å². The molecule has 1 saturated carbocycles. The van der Waals surface area contributed by atoms with E-state index in [1.165, 1.54) is 25.7 Å². The summed E-state index contributed by atoms with van der Waals surface area (Å²) >= 11 is 6.10. The normalized spacial score (nSPS) is 26.2. The van der Waals surface area contributed by atoms with E-state index in [2.05, 4.69) is 13.0 Å². The van der Waals surface area contributed by atoms with Crippen molar-refractivity contribution in [3.63, 3.8) is 0 Å². The summed E-state index contributed by atoms with van der Waals surface area (Å²) in [7, 11) is 0. The molecule has 3 heteroatoms. The maximum absolute atomic E-state index is 6.41. The fourth-order valence-electron chi connectivity index (χ4n) is 3.20. The van der Waals surface area contributed by atoms with Crippen molar-refractivity contribution in [1.29, 1.82) is 0 Å². The lowest BCUT2D eigenvalue weighted by atomic mass is 9.84. The van der Waals surface area contributed by atoms with Crippen molar-refractivity contribution in [2.75, 3.05) is 0 Å². The van der Waals surface area contributed by atoms with E-state index in [4.69, 9.17) is 22.1 Å². The van der Waals surface area contributed by atoms with E-state index >= 15 is 0 Å². The molecular weight excluding hydrogens is 270 g/mol. The number of halogens is 1. The van der Waals surface area contributed by atoms with Crippen LogP contribution in [0.3, 0.4) is 0 Å². The summed E-state index contributed by atoms with van der Waals surface area (Å²) in [5.74, 6) is 0.671. The fraction of sp³-hybridized carbons (Fsp3) is 0.647. The Morgan fingerprint density at radius 1 is 1.35 bits per heavy atom. The molecule has 4 atom stereocenters. The van der Waals surface area contributed by atoms with Crippen molar-refractivity contribution < 1.29 is 4.74 Å². The van der Waals surface area contributed by atoms with Crippen molar-refractivity contribution in [3.05, 3.63) is 34.9 Å². The van der Waals surface area contributed by atoms with Gasteiger partial charge in [0, 0.05) is 11.1 Å². The van der Waals surface area contributed by atoms with Crippen LogP contribution >= 0.6 is 11.6 Å². The molecule has 0 amide bonds. The number of nitrogens with two attached hydrogens (primary N) is 1. The highest BCUT2D eigenvalue weighted by molar-refractivity contribution is 6.30. The third-order valence-electron chi connectivity index (χ3n) is 4.34. The monoisotopic (exact) mass is 295 g/mol. The Morgan fingerprint density at radius 2 is 2.10 bits per heavy atom. The van der Waals surface area contributed by atoms with Crippen LogP contribution in [0.15, 0.2) is 24.3 Å². The first-order valence-corrected chi connectivity index (χ1v) is 8.16. The van der Waals surface area contributed by atoms with Gasteiger partial charge in [-0.05, 0) is 43.4 Å². The molecule has 0 aromatic heterocycles. The average molecular weight is 296 g/mol. The van der Waals surface area contributed by atoms with E-state index in [-0.39, 0.29) is 12.1 Å². The molecule has 20 heavy (non-hydrogen) atoms. The molecule has 0 heterocycles. The maximum Gasteiger partial charge on any atom is 0.0977 e. The lowest BCUT2D eigenvalue weighted by Crippen LogP contribution is -2.35. The second kappa shape index (κ2) is 7.44. The first kappa shape index (κ1) is 15.8. The van der Waals surface area contributed by atoms with Gasteiger partial charge in [-0.25, -0.2) is 0 Å². The molecule has 2 N–H and O–H groups in total. The summed E-state index contributed by atoms with van der Waals surface area (Å²) in [6, 6.07) is 7.85. The van der Waals surface area contributed by atoms with Crippen molar-refractivity contribution in [3.8, 4) is 0 Å². The molecule has 0 saturated heterocycles. The SMILES string of the molecule is CCC1CCCCC1OC(c1cccc(Cl)c1)C(C)N. The number of rotatable bonds is 5. The Balaban J connectivity index is 2.13. The van der Waals surface area contributed by atoms with Gasteiger partial charge in [-0.3, -0.25) is 0 Å². The van der Waals surface area contributed by atoms with Gasteiger partial charge in [-0.1, -0.05) is 49.9 Å². The van der Waals surface area contributed by atoms with Crippen molar-refractivity contribution in [1.82, 2.24) is 0 Å². The largest absolute Gasteiger partial charge is 0.368 e. The van der Waals surface area contributed by atoms with Gasteiger partial charge in [-0.2, -0.15) is 0 Å². The Morgan fingerprint density at radius 3 is 2.75 bits per heavy atom. The molecule has 1 aromatic carbocycles. The van der Waals surface area contributed by atoms with Crippen molar-refractivity contribution in [2.24, 2.45) is 11.7 Å². The summed E-state index contributed by atoms with van der Waals surface area (Å²) in [5.41, 5.74) is 7.25. The molecular formula is C17H26ClNO. The van der Waals surface area contributed by atoms with E-state index < -0.39 is 0 Å². The van der Waals surface area contributed by atoms with E-state index in [0.29, 0.717) is 12.0 Å². The predicted octanol–water partition coefficient (Wildman–Crippen LogP) is 4.71. The molecule has 0 aliphatic heterocycles. The molecule has 0 spiro atoms. The number of ether oxygens (including phenoxy) is 1. The lowest BCUT2D eigenvalue weighted by Gasteiger charge is -2.35. The molecule has 1 fully saturated rings. The van der Waals surface area contributed by atoms with Crippen LogP contribution in [0, 0.1) is 5.92 Å². The summed E-state index contributed by atoms with van der Waals surface area (Å²) in [6.07, 6.45) is 6.49. The van der Waals surface area contributed by atoms with Crippen LogP contribution in [-0.2, 0) is 4.74 Å². The van der Waals surface area contributed by atoms with E-state index in [1.807, 2.05) is 25.1 Å². The Bertz CT molecular complexity index is 421. The van der Waals surface area contributed by atoms with Crippen LogP contribution in [0.25, 0.3) is 0 Å². The van der Waals surface area contributed by atoms with E-state index in [9.17, 15) is 0 Å². The molecule has 112 valence electrons. The minimum atomic E-state index is -0.0640. The van der Waals surface area contributed by atoms with Crippen molar-refractivity contribution in [2.45, 2.75) is 64.2 Å². The van der Waals surface area contributed by atoms with Gasteiger partial charge in [0.05, 0.1) is 12.2 Å². The lowest BCUT2D eigenvalue weighted by molar-refractivity contribution is -0.0700. The molecule has 0 bridgehead atoms. The topological polar surface area (TPSA) is 35.2 Å². The van der Waals surface area contributed by atoms with Crippen LogP contribution in [0.2, 0.25) is 5.02 Å². The number of hydrogen-bond acceptors (Lipinski definition) is 2. The van der Waals surface area contributed by atoms with Gasteiger partial charge >= 0.3 is 0 Å². The minimum Gasteiger partial charge on any atom is -0.368 e. The molecule has 1 aliphatic carbocycles. The highest BCUT2D eigenvalue weighted by Crippen LogP contribution is 2.34. The van der Waals surface area contributed by atoms with Crippen LogP contribution in [0.1, 0.15) is 57.6 Å². The quantitative estimate of drug-likeness (QED) is 0.853. The van der Waals surface area contributed by atoms with Gasteiger partial charge in [0.2, 0.25) is 0 Å². The molecule has 1 aromatic rings. The summed E-state index contributed by atoms with van der Waals surface area (Å²) in [6.45, 7) is 4.27. The van der Waals surface area contributed by atoms with Gasteiger partial charge in [0.1, 0.15) is 0 Å². The van der Waals surface area contributed by atoms with Crippen LogP contribution < -0.4 is 5.73 Å². The third-order valence-corrected chi connectivity index (χ3v) is 4.57. The highest BCUT2D eigenvalue weighted by atomic mass is 35.5. The van der Waals surface area contributed by atoms with Gasteiger partial charge in [0.15, 0.2) is 0 Å². The first-order valence-electron chi connectivity index (χ1n) is 7.78. The fourth-order valence-corrected chi connectivity index (χ4v) is 3.40. The second-order valence-corrected chi connectivity index (χ2v) is 6.40. The summed E-state index contributed by atoms with van der Waals surface area (Å²) in [4.78, 5) is 0. The summed E-state index contributed by atoms with van der Waals surface area (Å²) in [5, 5.41) is 0.743. The van der Waals surface area contributed by atoms with E-state index in [0.717, 1.165) is 17.0 Å². The molecule has 2 nitrogen and oxygen atoms in total. The zero-order valence-corrected chi connectivity index (χ0v) is 13.3. The Hall–Kier alpha value is -0.570. The number of hydrogen-bond donors (Lipinski definition) is 1. The zero-order valence-electron chi connectivity index (χ0n) is 12.5. The second-order valence-electron chi connectivity index (χ2n) is 5.96. The van der Waals surface area contributed by atoms with E-state index in [1.54, 1.807) is 0 Å². The first-order chi connectivity index (χ1) is 9.61. The van der Waals surface area contributed by atoms with Gasteiger partial charge in [0.25, 0.3) is 0 Å². The zero-order chi connectivity index (χ0) is 14.5. The average Bonchev–Trinajstić information content (AvgIpc) is 2.44. The van der Waals surface area contributed by atoms with Crippen LogP contribution in [0.5, 0.6) is 0 Å². The number of benzene rings is 1. The van der Waals surface area contributed by atoms with Gasteiger partial charge < -0.3 is 10.5 Å². The molecule has 4 unspecified atom stereocenters. The smallest absolute Gasteiger partial charge is 0.0977 e. The van der Waals surface area contributed by atoms with Crippen LogP contribution in [0.4, 0.5) is 0 Å². The maximum atomic E-state index is 6.41. The van der Waals surface area contributed by atoms with Crippen LogP contribution in [-0.4, -0.2) is 12.1 Å². The standard InChI is InChI=1S/C17H26ClNO/c1-3-13-7-4-5-10-16(13)20-17(12(2)19)14-8-6-9-15(18)11-14/h6,8-9,11-13,16-17H,3-5,7,10,19H2,1-2H3. The predicted molar refractivity (Wildman–Crippen MR) is 85.0 cm³/mol. The molecule has 1 aliphatic rings. The Kier molecular flexibility index (Phi) is 5.88. The molecule has 2 rings (SSSR count).